The Balaban J connectivity index is 2.57. The molecule has 1 unspecified atom stereocenters. The molecule has 0 saturated carbocycles. The van der Waals surface area contributed by atoms with Crippen LogP contribution < -0.4 is 0 Å². The van der Waals surface area contributed by atoms with Crippen LogP contribution in [0.15, 0.2) is 22.6 Å². The third-order valence-electron chi connectivity index (χ3n) is 2.44. The predicted molar refractivity (Wildman–Crippen MR) is 67.8 cm³/mol. The largest absolute Gasteiger partial charge is 0.478 e. The molecule has 0 amide bonds. The van der Waals surface area contributed by atoms with Crippen LogP contribution in [-0.4, -0.2) is 22.5 Å². The SMILES string of the molecule is O=C(O)C1=Cc2cc(Cl)c(Cl)cc2SC1C(F)(F)F. The highest BCUT2D eigenvalue weighted by molar-refractivity contribution is 8.00. The quantitative estimate of drug-likeness (QED) is 0.824. The van der Waals surface area contributed by atoms with Crippen LogP contribution in [0.25, 0.3) is 6.08 Å². The number of hydrogen-bond donors (Lipinski definition) is 1. The maximum atomic E-state index is 12.8. The van der Waals surface area contributed by atoms with E-state index in [4.69, 9.17) is 28.3 Å². The van der Waals surface area contributed by atoms with E-state index >= 15 is 0 Å². The Bertz CT molecular complexity index is 584. The van der Waals surface area contributed by atoms with Crippen molar-refractivity contribution in [3.8, 4) is 0 Å². The second kappa shape index (κ2) is 4.92. The molecule has 0 bridgehead atoms. The van der Waals surface area contributed by atoms with E-state index in [0.29, 0.717) is 17.3 Å². The summed E-state index contributed by atoms with van der Waals surface area (Å²) >= 11 is 11.9. The third kappa shape index (κ3) is 2.85. The van der Waals surface area contributed by atoms with E-state index < -0.39 is 23.0 Å². The normalized spacial score (nSPS) is 18.8. The number of halogens is 5. The summed E-state index contributed by atoms with van der Waals surface area (Å²) in [5.74, 6) is -1.61. The molecule has 0 aliphatic carbocycles. The van der Waals surface area contributed by atoms with Crippen molar-refractivity contribution in [3.63, 3.8) is 0 Å². The Labute approximate surface area is 120 Å². The van der Waals surface area contributed by atoms with Crippen molar-refractivity contribution in [2.45, 2.75) is 16.3 Å². The van der Waals surface area contributed by atoms with Gasteiger partial charge in [-0.1, -0.05) is 23.2 Å². The lowest BCUT2D eigenvalue weighted by Crippen LogP contribution is -2.32. The van der Waals surface area contributed by atoms with Crippen LogP contribution in [0.2, 0.25) is 10.0 Å². The van der Waals surface area contributed by atoms with E-state index in [0.717, 1.165) is 6.08 Å². The van der Waals surface area contributed by atoms with E-state index in [-0.39, 0.29) is 14.9 Å². The summed E-state index contributed by atoms with van der Waals surface area (Å²) in [7, 11) is 0. The molecular weight excluding hydrogens is 324 g/mol. The third-order valence-corrected chi connectivity index (χ3v) is 4.52. The van der Waals surface area contributed by atoms with Gasteiger partial charge in [-0.3, -0.25) is 0 Å². The fraction of sp³-hybridized carbons (Fsp3) is 0.182. The molecule has 1 heterocycles. The minimum Gasteiger partial charge on any atom is -0.478 e. The van der Waals surface area contributed by atoms with E-state index in [1.54, 1.807) is 0 Å². The molecule has 1 N–H and O–H groups in total. The number of benzene rings is 1. The summed E-state index contributed by atoms with van der Waals surface area (Å²) in [5, 5.41) is 7.05. The van der Waals surface area contributed by atoms with Gasteiger partial charge in [0.25, 0.3) is 0 Å². The summed E-state index contributed by atoms with van der Waals surface area (Å²) in [5.41, 5.74) is -0.402. The second-order valence-electron chi connectivity index (χ2n) is 3.75. The molecule has 8 heteroatoms. The van der Waals surface area contributed by atoms with Gasteiger partial charge in [0, 0.05) is 4.90 Å². The van der Waals surface area contributed by atoms with E-state index in [1.165, 1.54) is 12.1 Å². The summed E-state index contributed by atoms with van der Waals surface area (Å²) in [6, 6.07) is 2.65. The van der Waals surface area contributed by atoms with Crippen molar-refractivity contribution in [1.82, 2.24) is 0 Å². The molecule has 2 rings (SSSR count). The summed E-state index contributed by atoms with van der Waals surface area (Å²) in [6.07, 6.45) is -3.67. The zero-order valence-electron chi connectivity index (χ0n) is 8.96. The molecular formula is C11H5Cl2F3O2S. The van der Waals surface area contributed by atoms with E-state index in [1.807, 2.05) is 0 Å². The molecule has 1 aliphatic heterocycles. The fourth-order valence-corrected chi connectivity index (χ4v) is 3.13. The monoisotopic (exact) mass is 328 g/mol. The Hall–Kier alpha value is -0.850. The Morgan fingerprint density at radius 1 is 1.26 bits per heavy atom. The lowest BCUT2D eigenvalue weighted by molar-refractivity contribution is -0.140. The number of thioether (sulfide) groups is 1. The highest BCUT2D eigenvalue weighted by atomic mass is 35.5. The van der Waals surface area contributed by atoms with Crippen LogP contribution in [0.5, 0.6) is 0 Å². The molecule has 1 aromatic carbocycles. The molecule has 0 radical (unpaired) electrons. The first-order valence-corrected chi connectivity index (χ1v) is 6.51. The molecule has 19 heavy (non-hydrogen) atoms. The van der Waals surface area contributed by atoms with Crippen LogP contribution >= 0.6 is 35.0 Å². The van der Waals surface area contributed by atoms with Gasteiger partial charge in [0.2, 0.25) is 0 Å². The number of hydrogen-bond acceptors (Lipinski definition) is 2. The van der Waals surface area contributed by atoms with Crippen LogP contribution in [0, 0.1) is 0 Å². The van der Waals surface area contributed by atoms with Crippen molar-refractivity contribution in [1.29, 1.82) is 0 Å². The van der Waals surface area contributed by atoms with Gasteiger partial charge in [-0.05, 0) is 23.8 Å². The van der Waals surface area contributed by atoms with Crippen molar-refractivity contribution in [3.05, 3.63) is 33.3 Å². The highest BCUT2D eigenvalue weighted by Gasteiger charge is 2.46. The predicted octanol–water partition coefficient (Wildman–Crippen LogP) is 4.50. The Kier molecular flexibility index (Phi) is 3.77. The number of carboxylic acid groups (broad SMARTS) is 1. The first-order valence-electron chi connectivity index (χ1n) is 4.87. The minimum atomic E-state index is -4.65. The fourth-order valence-electron chi connectivity index (χ4n) is 1.61. The van der Waals surface area contributed by atoms with Crippen molar-refractivity contribution in [2.24, 2.45) is 0 Å². The lowest BCUT2D eigenvalue weighted by Gasteiger charge is -2.25. The average molecular weight is 329 g/mol. The van der Waals surface area contributed by atoms with Gasteiger partial charge in [0.1, 0.15) is 5.25 Å². The van der Waals surface area contributed by atoms with Crippen molar-refractivity contribution < 1.29 is 23.1 Å². The zero-order chi connectivity index (χ0) is 14.4. The molecule has 1 aliphatic rings. The van der Waals surface area contributed by atoms with Crippen LogP contribution in [0.1, 0.15) is 5.56 Å². The van der Waals surface area contributed by atoms with Gasteiger partial charge in [-0.2, -0.15) is 13.2 Å². The molecule has 1 atom stereocenters. The second-order valence-corrected chi connectivity index (χ2v) is 5.71. The summed E-state index contributed by atoms with van der Waals surface area (Å²) in [6.45, 7) is 0. The number of carboxylic acids is 1. The number of fused-ring (bicyclic) bond motifs is 1. The van der Waals surface area contributed by atoms with Crippen LogP contribution in [-0.2, 0) is 4.79 Å². The first-order chi connectivity index (χ1) is 8.70. The van der Waals surface area contributed by atoms with Gasteiger partial charge in [-0.25, -0.2) is 4.79 Å². The van der Waals surface area contributed by atoms with E-state index in [9.17, 15) is 18.0 Å². The molecule has 0 saturated heterocycles. The van der Waals surface area contributed by atoms with Gasteiger partial charge < -0.3 is 5.11 Å². The average Bonchev–Trinajstić information content (AvgIpc) is 2.27. The molecule has 102 valence electrons. The molecule has 0 spiro atoms. The van der Waals surface area contributed by atoms with E-state index in [2.05, 4.69) is 0 Å². The van der Waals surface area contributed by atoms with Crippen molar-refractivity contribution in [2.75, 3.05) is 0 Å². The standard InChI is InChI=1S/C11H5Cl2F3O2S/c12-6-2-4-1-5(10(17)18)9(11(14,15)16)19-8(4)3-7(6)13/h1-3,9H,(H,17,18). The van der Waals surface area contributed by atoms with Gasteiger partial charge in [0.15, 0.2) is 0 Å². The number of alkyl halides is 3. The van der Waals surface area contributed by atoms with Crippen LogP contribution in [0.3, 0.4) is 0 Å². The maximum Gasteiger partial charge on any atom is 0.405 e. The number of aliphatic carboxylic acids is 1. The van der Waals surface area contributed by atoms with Gasteiger partial charge >= 0.3 is 12.1 Å². The summed E-state index contributed by atoms with van der Waals surface area (Å²) < 4.78 is 38.5. The number of carbonyl (C=O) groups is 1. The Morgan fingerprint density at radius 3 is 2.37 bits per heavy atom. The Morgan fingerprint density at radius 2 is 1.84 bits per heavy atom. The lowest BCUT2D eigenvalue weighted by atomic mass is 10.1. The van der Waals surface area contributed by atoms with Crippen LogP contribution in [0.4, 0.5) is 13.2 Å². The van der Waals surface area contributed by atoms with Crippen molar-refractivity contribution >= 4 is 47.0 Å². The molecule has 2 nitrogen and oxygen atoms in total. The number of rotatable bonds is 1. The highest BCUT2D eigenvalue weighted by Crippen LogP contribution is 2.46. The molecule has 0 aromatic heterocycles. The molecule has 0 fully saturated rings. The summed E-state index contributed by atoms with van der Waals surface area (Å²) in [4.78, 5) is 11.2. The van der Waals surface area contributed by atoms with Gasteiger partial charge in [0.05, 0.1) is 15.6 Å². The minimum absolute atomic E-state index is 0.126. The maximum absolute atomic E-state index is 12.8. The molecule has 1 aromatic rings. The topological polar surface area (TPSA) is 37.3 Å². The smallest absolute Gasteiger partial charge is 0.405 e. The van der Waals surface area contributed by atoms with Gasteiger partial charge in [-0.15, -0.1) is 11.8 Å². The zero-order valence-corrected chi connectivity index (χ0v) is 11.3. The first kappa shape index (κ1) is 14.6.